The summed E-state index contributed by atoms with van der Waals surface area (Å²) in [5, 5.41) is 0. The molecule has 2 nitrogen and oxygen atoms in total. The first kappa shape index (κ1) is 12.9. The first-order valence-electron chi connectivity index (χ1n) is 6.54. The van der Waals surface area contributed by atoms with Gasteiger partial charge in [0.15, 0.2) is 0 Å². The molecule has 1 fully saturated rings. The van der Waals surface area contributed by atoms with E-state index in [1.807, 2.05) is 0 Å². The first-order valence-corrected chi connectivity index (χ1v) is 7.34. The van der Waals surface area contributed by atoms with Crippen LogP contribution in [0.25, 0.3) is 0 Å². The maximum absolute atomic E-state index is 5.61. The van der Waals surface area contributed by atoms with Crippen molar-refractivity contribution < 1.29 is 0 Å². The van der Waals surface area contributed by atoms with Gasteiger partial charge in [0, 0.05) is 23.2 Å². The van der Waals surface area contributed by atoms with Gasteiger partial charge < -0.3 is 10.6 Å². The number of hydrogen-bond donors (Lipinski definition) is 1. The lowest BCUT2D eigenvalue weighted by Crippen LogP contribution is -2.30. The highest BCUT2D eigenvalue weighted by atomic mass is 79.9. The molecule has 0 aliphatic carbocycles. The van der Waals surface area contributed by atoms with E-state index in [1.54, 1.807) is 0 Å². The second-order valence-corrected chi connectivity index (χ2v) is 5.63. The monoisotopic (exact) mass is 296 g/mol. The second kappa shape index (κ2) is 6.41. The molecular formula is C14H21BrN2. The van der Waals surface area contributed by atoms with E-state index in [4.69, 9.17) is 5.73 Å². The van der Waals surface area contributed by atoms with Crippen molar-refractivity contribution in [3.8, 4) is 0 Å². The molecule has 0 unspecified atom stereocenters. The Labute approximate surface area is 112 Å². The maximum atomic E-state index is 5.61. The van der Waals surface area contributed by atoms with E-state index in [0.717, 1.165) is 19.4 Å². The Morgan fingerprint density at radius 3 is 2.65 bits per heavy atom. The van der Waals surface area contributed by atoms with Crippen molar-refractivity contribution in [2.45, 2.75) is 32.1 Å². The highest BCUT2D eigenvalue weighted by Crippen LogP contribution is 2.28. The lowest BCUT2D eigenvalue weighted by molar-refractivity contribution is 0.576. The maximum Gasteiger partial charge on any atom is 0.0410 e. The Hall–Kier alpha value is -0.540. The molecule has 17 heavy (non-hydrogen) atoms. The number of nitrogens with zero attached hydrogens (tertiary/aromatic N) is 1. The summed E-state index contributed by atoms with van der Waals surface area (Å²) in [5.74, 6) is 0. The van der Waals surface area contributed by atoms with Gasteiger partial charge in [-0.2, -0.15) is 0 Å². The van der Waals surface area contributed by atoms with Crippen molar-refractivity contribution in [3.05, 3.63) is 28.2 Å². The molecule has 0 atom stereocenters. The van der Waals surface area contributed by atoms with Gasteiger partial charge in [-0.15, -0.1) is 0 Å². The largest absolute Gasteiger partial charge is 0.371 e. The molecular weight excluding hydrogens is 276 g/mol. The van der Waals surface area contributed by atoms with Crippen LogP contribution in [0.15, 0.2) is 22.7 Å². The van der Waals surface area contributed by atoms with Crippen LogP contribution in [0.3, 0.4) is 0 Å². The van der Waals surface area contributed by atoms with Gasteiger partial charge in [0.05, 0.1) is 0 Å². The number of nitrogens with two attached hydrogens (primary N) is 1. The summed E-state index contributed by atoms with van der Waals surface area (Å²) in [6.07, 6.45) is 6.19. The van der Waals surface area contributed by atoms with Crippen molar-refractivity contribution in [1.82, 2.24) is 0 Å². The fourth-order valence-electron chi connectivity index (χ4n) is 2.47. The smallest absolute Gasteiger partial charge is 0.0410 e. The number of benzene rings is 1. The van der Waals surface area contributed by atoms with Crippen LogP contribution < -0.4 is 10.6 Å². The van der Waals surface area contributed by atoms with E-state index in [-0.39, 0.29) is 0 Å². The van der Waals surface area contributed by atoms with E-state index >= 15 is 0 Å². The van der Waals surface area contributed by atoms with Gasteiger partial charge in [-0.25, -0.2) is 0 Å². The molecule has 2 rings (SSSR count). The summed E-state index contributed by atoms with van der Waals surface area (Å²) in [4.78, 5) is 2.53. The molecule has 0 saturated carbocycles. The van der Waals surface area contributed by atoms with Crippen molar-refractivity contribution >= 4 is 21.6 Å². The van der Waals surface area contributed by atoms with Gasteiger partial charge in [-0.3, -0.25) is 0 Å². The zero-order valence-electron chi connectivity index (χ0n) is 10.3. The third-order valence-corrected chi connectivity index (χ3v) is 3.89. The second-order valence-electron chi connectivity index (χ2n) is 4.71. The highest BCUT2D eigenvalue weighted by molar-refractivity contribution is 9.10. The van der Waals surface area contributed by atoms with Crippen molar-refractivity contribution in [3.63, 3.8) is 0 Å². The summed E-state index contributed by atoms with van der Waals surface area (Å²) >= 11 is 3.58. The summed E-state index contributed by atoms with van der Waals surface area (Å²) < 4.78 is 1.18. The number of piperidine rings is 1. The fourth-order valence-corrected chi connectivity index (χ4v) is 2.82. The normalized spacial score (nSPS) is 16.2. The molecule has 3 heteroatoms. The molecule has 1 aromatic rings. The minimum absolute atomic E-state index is 0.773. The van der Waals surface area contributed by atoms with Crippen LogP contribution in [0.2, 0.25) is 0 Å². The average molecular weight is 297 g/mol. The third kappa shape index (κ3) is 3.46. The highest BCUT2D eigenvalue weighted by Gasteiger charge is 2.14. The summed E-state index contributed by atoms with van der Waals surface area (Å²) in [6.45, 7) is 3.17. The molecule has 2 N–H and O–H groups in total. The topological polar surface area (TPSA) is 29.3 Å². The molecule has 0 radical (unpaired) electrons. The SMILES string of the molecule is NCCCc1ccc(Br)cc1N1CCCCC1. The lowest BCUT2D eigenvalue weighted by atomic mass is 10.0. The van der Waals surface area contributed by atoms with E-state index in [1.165, 1.54) is 48.1 Å². The summed E-state index contributed by atoms with van der Waals surface area (Å²) in [7, 11) is 0. The van der Waals surface area contributed by atoms with Crippen LogP contribution >= 0.6 is 15.9 Å². The number of halogens is 1. The average Bonchev–Trinajstić information content (AvgIpc) is 2.38. The van der Waals surface area contributed by atoms with Gasteiger partial charge in [0.1, 0.15) is 0 Å². The molecule has 0 spiro atoms. The Balaban J connectivity index is 2.19. The number of aryl methyl sites for hydroxylation is 1. The Kier molecular flexibility index (Phi) is 4.86. The van der Waals surface area contributed by atoms with Crippen LogP contribution in [-0.4, -0.2) is 19.6 Å². The third-order valence-electron chi connectivity index (χ3n) is 3.39. The van der Waals surface area contributed by atoms with Crippen molar-refractivity contribution in [2.24, 2.45) is 5.73 Å². The minimum atomic E-state index is 0.773. The van der Waals surface area contributed by atoms with Crippen LogP contribution in [0.4, 0.5) is 5.69 Å². The zero-order chi connectivity index (χ0) is 12.1. The van der Waals surface area contributed by atoms with Gasteiger partial charge in [-0.1, -0.05) is 22.0 Å². The molecule has 1 aromatic carbocycles. The number of anilines is 1. The van der Waals surface area contributed by atoms with Gasteiger partial charge in [-0.05, 0) is 56.3 Å². The van der Waals surface area contributed by atoms with Crippen molar-refractivity contribution in [2.75, 3.05) is 24.5 Å². The predicted molar refractivity (Wildman–Crippen MR) is 77.6 cm³/mol. The van der Waals surface area contributed by atoms with Gasteiger partial charge in [0.25, 0.3) is 0 Å². The standard InChI is InChI=1S/C14H21BrN2/c15-13-7-6-12(5-4-8-16)14(11-13)17-9-2-1-3-10-17/h6-7,11H,1-5,8-10,16H2. The fraction of sp³-hybridized carbons (Fsp3) is 0.571. The molecule has 1 aliphatic heterocycles. The van der Waals surface area contributed by atoms with Gasteiger partial charge in [0.2, 0.25) is 0 Å². The molecule has 0 aromatic heterocycles. The quantitative estimate of drug-likeness (QED) is 0.923. The van der Waals surface area contributed by atoms with E-state index in [9.17, 15) is 0 Å². The summed E-state index contributed by atoms with van der Waals surface area (Å²) in [6, 6.07) is 6.64. The Bertz CT molecular complexity index is 359. The Morgan fingerprint density at radius 1 is 1.18 bits per heavy atom. The molecule has 1 saturated heterocycles. The van der Waals surface area contributed by atoms with E-state index in [0.29, 0.717) is 0 Å². The lowest BCUT2D eigenvalue weighted by Gasteiger charge is -2.31. The molecule has 0 bridgehead atoms. The molecule has 0 amide bonds. The number of hydrogen-bond acceptors (Lipinski definition) is 2. The Morgan fingerprint density at radius 2 is 1.94 bits per heavy atom. The molecule has 94 valence electrons. The zero-order valence-corrected chi connectivity index (χ0v) is 11.9. The van der Waals surface area contributed by atoms with Crippen LogP contribution in [0.5, 0.6) is 0 Å². The van der Waals surface area contributed by atoms with Crippen LogP contribution in [0, 0.1) is 0 Å². The van der Waals surface area contributed by atoms with Gasteiger partial charge >= 0.3 is 0 Å². The summed E-state index contributed by atoms with van der Waals surface area (Å²) in [5.41, 5.74) is 8.47. The van der Waals surface area contributed by atoms with Crippen LogP contribution in [-0.2, 0) is 6.42 Å². The van der Waals surface area contributed by atoms with E-state index < -0.39 is 0 Å². The molecule has 1 aliphatic rings. The van der Waals surface area contributed by atoms with Crippen LogP contribution in [0.1, 0.15) is 31.2 Å². The predicted octanol–water partition coefficient (Wildman–Crippen LogP) is 3.33. The van der Waals surface area contributed by atoms with Crippen molar-refractivity contribution in [1.29, 1.82) is 0 Å². The van der Waals surface area contributed by atoms with E-state index in [2.05, 4.69) is 39.0 Å². The molecule has 1 heterocycles. The first-order chi connectivity index (χ1) is 8.31. The number of rotatable bonds is 4. The minimum Gasteiger partial charge on any atom is -0.371 e.